The fourth-order valence-electron chi connectivity index (χ4n) is 2.10. The zero-order valence-electron chi connectivity index (χ0n) is 13.2. The molecule has 1 amide bonds. The van der Waals surface area contributed by atoms with E-state index in [0.29, 0.717) is 22.1 Å². The smallest absolute Gasteiger partial charge is 0.270 e. The summed E-state index contributed by atoms with van der Waals surface area (Å²) in [6.45, 7) is -0.158. The molecule has 0 bridgehead atoms. The van der Waals surface area contributed by atoms with Crippen molar-refractivity contribution in [3.05, 3.63) is 68.5 Å². The number of aromatic nitrogens is 1. The molecular formula is C17H12BrN3O4S. The van der Waals surface area contributed by atoms with E-state index in [-0.39, 0.29) is 18.2 Å². The Hall–Kier alpha value is -2.78. The Labute approximate surface area is 160 Å². The number of nitro groups is 1. The highest BCUT2D eigenvalue weighted by Crippen LogP contribution is 2.27. The molecule has 0 unspecified atom stereocenters. The molecular weight excluding hydrogens is 422 g/mol. The molecule has 132 valence electrons. The van der Waals surface area contributed by atoms with E-state index in [1.54, 1.807) is 23.6 Å². The van der Waals surface area contributed by atoms with Crippen molar-refractivity contribution in [2.45, 2.75) is 0 Å². The number of anilines is 1. The maximum absolute atomic E-state index is 12.0. The second kappa shape index (κ2) is 8.07. The number of nitro benzene ring substituents is 1. The predicted molar refractivity (Wildman–Crippen MR) is 102 cm³/mol. The minimum atomic E-state index is -0.461. The second-order valence-corrected chi connectivity index (χ2v) is 6.83. The van der Waals surface area contributed by atoms with E-state index in [2.05, 4.69) is 26.2 Å². The van der Waals surface area contributed by atoms with Crippen LogP contribution in [0.3, 0.4) is 0 Å². The molecule has 0 fully saturated rings. The molecule has 0 spiro atoms. The van der Waals surface area contributed by atoms with Gasteiger partial charge in [0.2, 0.25) is 0 Å². The van der Waals surface area contributed by atoms with Gasteiger partial charge in [-0.2, -0.15) is 0 Å². The fourth-order valence-corrected chi connectivity index (χ4v) is 3.24. The summed E-state index contributed by atoms with van der Waals surface area (Å²) in [5.41, 5.74) is 1.16. The van der Waals surface area contributed by atoms with Crippen molar-refractivity contribution < 1.29 is 14.5 Å². The van der Waals surface area contributed by atoms with Gasteiger partial charge >= 0.3 is 0 Å². The van der Waals surface area contributed by atoms with Gasteiger partial charge in [-0.3, -0.25) is 20.2 Å². The van der Waals surface area contributed by atoms with Crippen LogP contribution in [0.2, 0.25) is 0 Å². The van der Waals surface area contributed by atoms with E-state index in [4.69, 9.17) is 4.74 Å². The van der Waals surface area contributed by atoms with Gasteiger partial charge in [0.25, 0.3) is 11.6 Å². The third-order valence-corrected chi connectivity index (χ3v) is 4.71. The van der Waals surface area contributed by atoms with Crippen LogP contribution in [0.1, 0.15) is 0 Å². The number of rotatable bonds is 6. The van der Waals surface area contributed by atoms with E-state index in [1.165, 1.54) is 23.5 Å². The molecule has 0 atom stereocenters. The van der Waals surface area contributed by atoms with Gasteiger partial charge in [-0.15, -0.1) is 11.3 Å². The van der Waals surface area contributed by atoms with E-state index in [9.17, 15) is 14.9 Å². The molecule has 26 heavy (non-hydrogen) atoms. The van der Waals surface area contributed by atoms with E-state index in [0.717, 1.165) is 4.47 Å². The van der Waals surface area contributed by atoms with Crippen molar-refractivity contribution in [2.75, 3.05) is 11.9 Å². The van der Waals surface area contributed by atoms with Crippen LogP contribution in [-0.4, -0.2) is 22.4 Å². The number of ether oxygens (including phenoxy) is 1. The average molecular weight is 434 g/mol. The maximum atomic E-state index is 12.0. The van der Waals surface area contributed by atoms with Crippen molar-refractivity contribution in [1.82, 2.24) is 4.98 Å². The first-order valence-electron chi connectivity index (χ1n) is 7.40. The number of hydrogen-bond acceptors (Lipinski definition) is 6. The molecule has 1 N–H and O–H groups in total. The Morgan fingerprint density at radius 1 is 1.27 bits per heavy atom. The van der Waals surface area contributed by atoms with Crippen LogP contribution in [0.15, 0.2) is 58.4 Å². The summed E-state index contributed by atoms with van der Waals surface area (Å²) in [5, 5.41) is 15.6. The lowest BCUT2D eigenvalue weighted by Crippen LogP contribution is -2.20. The van der Waals surface area contributed by atoms with Gasteiger partial charge in [0.1, 0.15) is 5.75 Å². The normalized spacial score (nSPS) is 10.3. The molecule has 2 aromatic carbocycles. The SMILES string of the molecule is O=C(COc1ccccc1Br)Nc1nc(-c2cccc([N+](=O)[O-])c2)cs1. The number of nitrogens with one attached hydrogen (secondary N) is 1. The summed E-state index contributed by atoms with van der Waals surface area (Å²) in [7, 11) is 0. The summed E-state index contributed by atoms with van der Waals surface area (Å²) in [4.78, 5) is 26.7. The van der Waals surface area contributed by atoms with Crippen LogP contribution in [0.4, 0.5) is 10.8 Å². The lowest BCUT2D eigenvalue weighted by Gasteiger charge is -2.07. The zero-order valence-corrected chi connectivity index (χ0v) is 15.6. The molecule has 0 aliphatic rings. The van der Waals surface area contributed by atoms with Gasteiger partial charge in [0, 0.05) is 23.1 Å². The number of amides is 1. The van der Waals surface area contributed by atoms with Crippen molar-refractivity contribution in [1.29, 1.82) is 0 Å². The minimum Gasteiger partial charge on any atom is -0.483 e. The second-order valence-electron chi connectivity index (χ2n) is 5.11. The first-order chi connectivity index (χ1) is 12.5. The standard InChI is InChI=1S/C17H12BrN3O4S/c18-13-6-1-2-7-15(13)25-9-16(22)20-17-19-14(10-26-17)11-4-3-5-12(8-11)21(23)24/h1-8,10H,9H2,(H,19,20,22). The third kappa shape index (κ3) is 4.44. The predicted octanol–water partition coefficient (Wildman–Crippen LogP) is 4.50. The Morgan fingerprint density at radius 3 is 2.85 bits per heavy atom. The zero-order chi connectivity index (χ0) is 18.5. The molecule has 0 saturated carbocycles. The summed E-state index contributed by atoms with van der Waals surface area (Å²) in [6, 6.07) is 13.4. The van der Waals surface area contributed by atoms with Crippen molar-refractivity contribution in [3.63, 3.8) is 0 Å². The van der Waals surface area contributed by atoms with Gasteiger partial charge in [0.05, 0.1) is 15.1 Å². The van der Waals surface area contributed by atoms with Crippen LogP contribution in [0, 0.1) is 10.1 Å². The highest BCUT2D eigenvalue weighted by atomic mass is 79.9. The lowest BCUT2D eigenvalue weighted by atomic mass is 10.1. The summed E-state index contributed by atoms with van der Waals surface area (Å²) < 4.78 is 6.21. The number of nitrogens with zero attached hydrogens (tertiary/aromatic N) is 2. The molecule has 3 rings (SSSR count). The van der Waals surface area contributed by atoms with E-state index in [1.807, 2.05) is 18.2 Å². The van der Waals surface area contributed by atoms with Crippen molar-refractivity contribution >= 4 is 44.0 Å². The molecule has 0 radical (unpaired) electrons. The number of carbonyl (C=O) groups is 1. The van der Waals surface area contributed by atoms with Crippen LogP contribution in [0.5, 0.6) is 5.75 Å². The van der Waals surface area contributed by atoms with Gasteiger partial charge in [-0.25, -0.2) is 4.98 Å². The summed E-state index contributed by atoms with van der Waals surface area (Å²) in [6.07, 6.45) is 0. The Kier molecular flexibility index (Phi) is 5.59. The number of halogens is 1. The van der Waals surface area contributed by atoms with E-state index < -0.39 is 4.92 Å². The summed E-state index contributed by atoms with van der Waals surface area (Å²) in [5.74, 6) is 0.222. The molecule has 7 nitrogen and oxygen atoms in total. The number of hydrogen-bond donors (Lipinski definition) is 1. The molecule has 0 aliphatic carbocycles. The number of para-hydroxylation sites is 1. The molecule has 1 heterocycles. The first kappa shape index (κ1) is 18.0. The highest BCUT2D eigenvalue weighted by molar-refractivity contribution is 9.10. The first-order valence-corrected chi connectivity index (χ1v) is 9.08. The van der Waals surface area contributed by atoms with Crippen molar-refractivity contribution in [2.24, 2.45) is 0 Å². The molecule has 9 heteroatoms. The van der Waals surface area contributed by atoms with Gasteiger partial charge in [0.15, 0.2) is 11.7 Å². The highest BCUT2D eigenvalue weighted by Gasteiger charge is 2.12. The molecule has 0 saturated heterocycles. The number of benzene rings is 2. The average Bonchev–Trinajstić information content (AvgIpc) is 3.09. The number of carbonyl (C=O) groups excluding carboxylic acids is 1. The molecule has 1 aromatic heterocycles. The maximum Gasteiger partial charge on any atom is 0.270 e. The van der Waals surface area contributed by atoms with E-state index >= 15 is 0 Å². The summed E-state index contributed by atoms with van der Waals surface area (Å²) >= 11 is 4.58. The number of thiazole rings is 1. The van der Waals surface area contributed by atoms with Gasteiger partial charge < -0.3 is 4.74 Å². The minimum absolute atomic E-state index is 0.0112. The fraction of sp³-hybridized carbons (Fsp3) is 0.0588. The van der Waals surface area contributed by atoms with Gasteiger partial charge in [-0.05, 0) is 28.1 Å². The lowest BCUT2D eigenvalue weighted by molar-refractivity contribution is -0.384. The van der Waals surface area contributed by atoms with Crippen LogP contribution >= 0.6 is 27.3 Å². The Bertz CT molecular complexity index is 960. The molecule has 3 aromatic rings. The van der Waals surface area contributed by atoms with Crippen LogP contribution in [-0.2, 0) is 4.79 Å². The van der Waals surface area contributed by atoms with Crippen LogP contribution < -0.4 is 10.1 Å². The third-order valence-electron chi connectivity index (χ3n) is 3.30. The topological polar surface area (TPSA) is 94.4 Å². The quantitative estimate of drug-likeness (QED) is 0.456. The van der Waals surface area contributed by atoms with Crippen LogP contribution in [0.25, 0.3) is 11.3 Å². The Morgan fingerprint density at radius 2 is 2.08 bits per heavy atom. The monoisotopic (exact) mass is 433 g/mol. The largest absolute Gasteiger partial charge is 0.483 e. The Balaban J connectivity index is 1.63. The van der Waals surface area contributed by atoms with Gasteiger partial charge in [-0.1, -0.05) is 24.3 Å². The number of non-ortho nitro benzene ring substituents is 1. The van der Waals surface area contributed by atoms with Crippen molar-refractivity contribution in [3.8, 4) is 17.0 Å². The molecule has 0 aliphatic heterocycles.